The molecule has 2 rings (SSSR count). The minimum atomic E-state index is -2.43. The monoisotopic (exact) mass is 261 g/mol. The molecule has 1 unspecified atom stereocenters. The van der Waals surface area contributed by atoms with Crippen LogP contribution in [0.2, 0.25) is 0 Å². The molecule has 3 heteroatoms. The molecule has 19 heavy (non-hydrogen) atoms. The number of hydrogen-bond donors (Lipinski definition) is 1. The van der Waals surface area contributed by atoms with Crippen LogP contribution in [0.25, 0.3) is 11.1 Å². The Hall–Kier alpha value is -1.74. The Bertz CT molecular complexity index is 552. The van der Waals surface area contributed by atoms with Crippen molar-refractivity contribution in [2.45, 2.75) is 19.3 Å². The lowest BCUT2D eigenvalue weighted by Crippen LogP contribution is -2.19. The Kier molecular flexibility index (Phi) is 4.27. The highest BCUT2D eigenvalue weighted by Crippen LogP contribution is 2.28. The van der Waals surface area contributed by atoms with Crippen molar-refractivity contribution in [3.63, 3.8) is 0 Å². The maximum Gasteiger partial charge on any atom is 0.246 e. The van der Waals surface area contributed by atoms with Gasteiger partial charge in [0, 0.05) is 6.54 Å². The van der Waals surface area contributed by atoms with E-state index in [0.29, 0.717) is 5.56 Å². The Balaban J connectivity index is 2.42. The molecule has 0 aromatic heterocycles. The molecule has 0 aliphatic carbocycles. The molecular formula is C16H17F2N. The molecule has 2 aromatic carbocycles. The first-order valence-electron chi connectivity index (χ1n) is 6.27. The summed E-state index contributed by atoms with van der Waals surface area (Å²) in [5.74, 6) is -0.899. The van der Waals surface area contributed by atoms with E-state index in [0.717, 1.165) is 16.7 Å². The van der Waals surface area contributed by atoms with Crippen LogP contribution in [0.1, 0.15) is 17.0 Å². The van der Waals surface area contributed by atoms with E-state index in [4.69, 9.17) is 5.73 Å². The van der Waals surface area contributed by atoms with E-state index in [2.05, 4.69) is 0 Å². The van der Waals surface area contributed by atoms with Gasteiger partial charge in [-0.25, -0.2) is 8.78 Å². The first-order valence-corrected chi connectivity index (χ1v) is 6.27. The fraction of sp³-hybridized carbons (Fsp3) is 0.250. The molecule has 2 N–H and O–H groups in total. The minimum Gasteiger partial charge on any atom is -0.330 e. The molecule has 2 aromatic rings. The predicted molar refractivity (Wildman–Crippen MR) is 74.4 cm³/mol. The lowest BCUT2D eigenvalue weighted by Gasteiger charge is -2.15. The third kappa shape index (κ3) is 2.99. The van der Waals surface area contributed by atoms with Gasteiger partial charge in [-0.05, 0) is 29.2 Å². The molecule has 1 atom stereocenters. The molecule has 0 fully saturated rings. The molecule has 0 spiro atoms. The largest absolute Gasteiger partial charge is 0.330 e. The van der Waals surface area contributed by atoms with Crippen molar-refractivity contribution in [1.29, 1.82) is 0 Å². The van der Waals surface area contributed by atoms with Gasteiger partial charge in [0.1, 0.15) is 0 Å². The topological polar surface area (TPSA) is 26.0 Å². The first-order chi connectivity index (χ1) is 9.13. The van der Waals surface area contributed by atoms with Gasteiger partial charge in [0.05, 0.1) is 5.92 Å². The number of alkyl halides is 2. The fourth-order valence-corrected chi connectivity index (χ4v) is 2.22. The summed E-state index contributed by atoms with van der Waals surface area (Å²) in [4.78, 5) is 0. The van der Waals surface area contributed by atoms with Gasteiger partial charge < -0.3 is 5.73 Å². The molecule has 100 valence electrons. The maximum atomic E-state index is 12.9. The number of nitrogens with two attached hydrogens (primary N) is 1. The number of halogens is 2. The normalized spacial score (nSPS) is 12.7. The minimum absolute atomic E-state index is 0.0467. The molecule has 0 aliphatic rings. The zero-order valence-corrected chi connectivity index (χ0v) is 10.8. The zero-order valence-electron chi connectivity index (χ0n) is 10.8. The van der Waals surface area contributed by atoms with Crippen LogP contribution >= 0.6 is 0 Å². The van der Waals surface area contributed by atoms with Crippen LogP contribution in [0.5, 0.6) is 0 Å². The van der Waals surface area contributed by atoms with Gasteiger partial charge in [0.25, 0.3) is 0 Å². The van der Waals surface area contributed by atoms with Crippen molar-refractivity contribution >= 4 is 0 Å². The molecule has 0 aliphatic heterocycles. The SMILES string of the molecule is Cc1ccccc1-c1cccc(C(CN)C(F)F)c1. The standard InChI is InChI=1S/C16H17F2N/c1-11-5-2-3-8-14(11)12-6-4-7-13(9-12)15(10-19)16(17)18/h2-9,15-16H,10,19H2,1H3. The highest BCUT2D eigenvalue weighted by atomic mass is 19.3. The highest BCUT2D eigenvalue weighted by Gasteiger charge is 2.21. The highest BCUT2D eigenvalue weighted by molar-refractivity contribution is 5.67. The number of rotatable bonds is 4. The van der Waals surface area contributed by atoms with E-state index in [9.17, 15) is 8.78 Å². The molecule has 0 amide bonds. The molecule has 0 radical (unpaired) electrons. The van der Waals surface area contributed by atoms with Crippen LogP contribution in [-0.4, -0.2) is 13.0 Å². The summed E-state index contributed by atoms with van der Waals surface area (Å²) in [5.41, 5.74) is 9.18. The van der Waals surface area contributed by atoms with Crippen molar-refractivity contribution in [3.8, 4) is 11.1 Å². The van der Waals surface area contributed by atoms with Crippen LogP contribution in [0, 0.1) is 6.92 Å². The Labute approximate surface area is 112 Å². The second-order valence-electron chi connectivity index (χ2n) is 4.62. The van der Waals surface area contributed by atoms with E-state index in [1.54, 1.807) is 6.07 Å². The van der Waals surface area contributed by atoms with E-state index < -0.39 is 12.3 Å². The van der Waals surface area contributed by atoms with Gasteiger partial charge in [0.15, 0.2) is 0 Å². The predicted octanol–water partition coefficient (Wildman–Crippen LogP) is 3.97. The Morgan fingerprint density at radius 2 is 1.79 bits per heavy atom. The van der Waals surface area contributed by atoms with Crippen LogP contribution < -0.4 is 5.73 Å². The van der Waals surface area contributed by atoms with E-state index >= 15 is 0 Å². The summed E-state index contributed by atoms with van der Waals surface area (Å²) in [6.45, 7) is 1.96. The van der Waals surface area contributed by atoms with Crippen molar-refractivity contribution in [3.05, 3.63) is 59.7 Å². The zero-order chi connectivity index (χ0) is 13.8. The van der Waals surface area contributed by atoms with Gasteiger partial charge in [-0.3, -0.25) is 0 Å². The lowest BCUT2D eigenvalue weighted by molar-refractivity contribution is 0.117. The first kappa shape index (κ1) is 13.7. The average Bonchev–Trinajstić information content (AvgIpc) is 2.40. The maximum absolute atomic E-state index is 12.9. The van der Waals surface area contributed by atoms with Crippen LogP contribution in [-0.2, 0) is 0 Å². The summed E-state index contributed by atoms with van der Waals surface area (Å²) >= 11 is 0. The van der Waals surface area contributed by atoms with Crippen molar-refractivity contribution < 1.29 is 8.78 Å². The molecule has 1 nitrogen and oxygen atoms in total. The lowest BCUT2D eigenvalue weighted by atomic mass is 9.94. The summed E-state index contributed by atoms with van der Waals surface area (Å²) in [5, 5.41) is 0. The van der Waals surface area contributed by atoms with Crippen LogP contribution in [0.4, 0.5) is 8.78 Å². The summed E-state index contributed by atoms with van der Waals surface area (Å²) in [6.07, 6.45) is -2.43. The number of aryl methyl sites for hydroxylation is 1. The second-order valence-corrected chi connectivity index (χ2v) is 4.62. The van der Waals surface area contributed by atoms with Crippen molar-refractivity contribution in [1.82, 2.24) is 0 Å². The number of hydrogen-bond acceptors (Lipinski definition) is 1. The van der Waals surface area contributed by atoms with Gasteiger partial charge in [-0.1, -0.05) is 48.5 Å². The van der Waals surface area contributed by atoms with Crippen LogP contribution in [0.15, 0.2) is 48.5 Å². The smallest absolute Gasteiger partial charge is 0.246 e. The van der Waals surface area contributed by atoms with E-state index in [-0.39, 0.29) is 6.54 Å². The third-order valence-corrected chi connectivity index (χ3v) is 3.33. The number of benzene rings is 2. The second kappa shape index (κ2) is 5.93. The average molecular weight is 261 g/mol. The van der Waals surface area contributed by atoms with Crippen molar-refractivity contribution in [2.24, 2.45) is 5.73 Å². The summed E-state index contributed by atoms with van der Waals surface area (Å²) in [7, 11) is 0. The molecule has 0 bridgehead atoms. The van der Waals surface area contributed by atoms with E-state index in [1.165, 1.54) is 0 Å². The third-order valence-electron chi connectivity index (χ3n) is 3.33. The van der Waals surface area contributed by atoms with Crippen LogP contribution in [0.3, 0.4) is 0 Å². The Morgan fingerprint density at radius 1 is 1.05 bits per heavy atom. The van der Waals surface area contributed by atoms with Gasteiger partial charge in [-0.2, -0.15) is 0 Å². The molecule has 0 saturated heterocycles. The summed E-state index contributed by atoms with van der Waals surface area (Å²) < 4.78 is 25.8. The fourth-order valence-electron chi connectivity index (χ4n) is 2.22. The van der Waals surface area contributed by atoms with Gasteiger partial charge in [-0.15, -0.1) is 0 Å². The Morgan fingerprint density at radius 3 is 2.42 bits per heavy atom. The summed E-state index contributed by atoms with van der Waals surface area (Å²) in [6, 6.07) is 15.2. The molecule has 0 heterocycles. The molecular weight excluding hydrogens is 244 g/mol. The van der Waals surface area contributed by atoms with Crippen molar-refractivity contribution in [2.75, 3.05) is 6.54 Å². The van der Waals surface area contributed by atoms with Gasteiger partial charge in [0.2, 0.25) is 6.43 Å². The quantitative estimate of drug-likeness (QED) is 0.885. The van der Waals surface area contributed by atoms with Gasteiger partial charge >= 0.3 is 0 Å². The van der Waals surface area contributed by atoms with E-state index in [1.807, 2.05) is 49.4 Å². The molecule has 0 saturated carbocycles.